The van der Waals surface area contributed by atoms with Gasteiger partial charge in [-0.3, -0.25) is 4.98 Å². The number of hydrogen-bond donors (Lipinski definition) is 1. The number of rotatable bonds is 2. The highest BCUT2D eigenvalue weighted by molar-refractivity contribution is 6.63. The van der Waals surface area contributed by atoms with Crippen molar-refractivity contribution in [3.05, 3.63) is 23.5 Å². The van der Waals surface area contributed by atoms with Crippen LogP contribution in [0.15, 0.2) is 12.3 Å². The molecule has 2 fully saturated rings. The van der Waals surface area contributed by atoms with Gasteiger partial charge in [0.2, 0.25) is 0 Å². The fraction of sp³-hybridized carbons (Fsp3) is 0.667. The standard InChI is InChI=1S/C15H22BNO3/c1-10-6-9-17-12(15(18)7-8-15)11(10)16-19-13(2,3)14(4,5)20-16/h6,9,18H,7-8H2,1-5H3. The molecule has 0 aromatic carbocycles. The number of aliphatic hydroxyl groups is 1. The molecule has 0 atom stereocenters. The molecule has 5 heteroatoms. The van der Waals surface area contributed by atoms with Gasteiger partial charge in [0.1, 0.15) is 5.60 Å². The minimum absolute atomic E-state index is 0.386. The van der Waals surface area contributed by atoms with Crippen molar-refractivity contribution in [1.82, 2.24) is 4.98 Å². The van der Waals surface area contributed by atoms with Crippen LogP contribution < -0.4 is 5.46 Å². The Morgan fingerprint density at radius 3 is 2.20 bits per heavy atom. The monoisotopic (exact) mass is 275 g/mol. The molecule has 0 spiro atoms. The van der Waals surface area contributed by atoms with Crippen LogP contribution in [0.2, 0.25) is 0 Å². The van der Waals surface area contributed by atoms with E-state index >= 15 is 0 Å². The number of aromatic nitrogens is 1. The molecule has 1 aromatic heterocycles. The summed E-state index contributed by atoms with van der Waals surface area (Å²) in [5, 5.41) is 10.5. The van der Waals surface area contributed by atoms with Gasteiger partial charge >= 0.3 is 7.12 Å². The van der Waals surface area contributed by atoms with Crippen LogP contribution in [0.5, 0.6) is 0 Å². The Morgan fingerprint density at radius 1 is 1.15 bits per heavy atom. The van der Waals surface area contributed by atoms with Crippen molar-refractivity contribution >= 4 is 12.6 Å². The normalized spacial score (nSPS) is 25.8. The van der Waals surface area contributed by atoms with Crippen LogP contribution in [0.3, 0.4) is 0 Å². The van der Waals surface area contributed by atoms with E-state index in [1.807, 2.05) is 40.7 Å². The van der Waals surface area contributed by atoms with E-state index in [0.29, 0.717) is 0 Å². The second-order valence-electron chi connectivity index (χ2n) is 7.01. The second-order valence-corrected chi connectivity index (χ2v) is 7.01. The number of nitrogens with zero attached hydrogens (tertiary/aromatic N) is 1. The summed E-state index contributed by atoms with van der Waals surface area (Å²) in [6.07, 6.45) is 3.27. The summed E-state index contributed by atoms with van der Waals surface area (Å²) in [6.45, 7) is 10.1. The molecule has 2 aliphatic rings. The Morgan fingerprint density at radius 2 is 1.70 bits per heavy atom. The Bertz CT molecular complexity index is 536. The highest BCUT2D eigenvalue weighted by Gasteiger charge is 2.55. The number of aryl methyl sites for hydroxylation is 1. The van der Waals surface area contributed by atoms with Gasteiger partial charge in [0.15, 0.2) is 0 Å². The third-order valence-electron chi connectivity index (χ3n) is 4.86. The molecule has 1 N–H and O–H groups in total. The summed E-state index contributed by atoms with van der Waals surface area (Å²) in [5.74, 6) is 0. The summed E-state index contributed by atoms with van der Waals surface area (Å²) in [5.41, 5.74) is 1.11. The molecule has 1 saturated carbocycles. The molecule has 0 bridgehead atoms. The smallest absolute Gasteiger partial charge is 0.399 e. The van der Waals surface area contributed by atoms with Crippen molar-refractivity contribution in [2.24, 2.45) is 0 Å². The van der Waals surface area contributed by atoms with Gasteiger partial charge < -0.3 is 14.4 Å². The summed E-state index contributed by atoms with van der Waals surface area (Å²) >= 11 is 0. The lowest BCUT2D eigenvalue weighted by molar-refractivity contribution is 0.00578. The minimum Gasteiger partial charge on any atom is -0.399 e. The molecule has 20 heavy (non-hydrogen) atoms. The Hall–Kier alpha value is -0.905. The van der Waals surface area contributed by atoms with E-state index in [0.717, 1.165) is 29.6 Å². The van der Waals surface area contributed by atoms with E-state index in [4.69, 9.17) is 9.31 Å². The van der Waals surface area contributed by atoms with E-state index in [1.54, 1.807) is 6.20 Å². The maximum Gasteiger partial charge on any atom is 0.497 e. The van der Waals surface area contributed by atoms with Crippen LogP contribution >= 0.6 is 0 Å². The molecule has 4 nitrogen and oxygen atoms in total. The molecule has 108 valence electrons. The molecule has 0 radical (unpaired) electrons. The number of hydrogen-bond acceptors (Lipinski definition) is 4. The first kappa shape index (κ1) is 14.0. The number of pyridine rings is 1. The average molecular weight is 275 g/mol. The summed E-state index contributed by atoms with van der Waals surface area (Å²) in [7, 11) is -0.465. The average Bonchev–Trinajstić information content (AvgIpc) is 3.01. The largest absolute Gasteiger partial charge is 0.497 e. The van der Waals surface area contributed by atoms with Gasteiger partial charge in [-0.1, -0.05) is 0 Å². The molecule has 0 unspecified atom stereocenters. The lowest BCUT2D eigenvalue weighted by atomic mass is 9.73. The van der Waals surface area contributed by atoms with E-state index in [2.05, 4.69) is 4.98 Å². The van der Waals surface area contributed by atoms with Crippen LogP contribution in [-0.2, 0) is 14.9 Å². The van der Waals surface area contributed by atoms with E-state index in [9.17, 15) is 5.11 Å². The summed E-state index contributed by atoms with van der Waals surface area (Å²) in [4.78, 5) is 4.40. The van der Waals surface area contributed by atoms with Crippen molar-refractivity contribution in [1.29, 1.82) is 0 Å². The van der Waals surface area contributed by atoms with Gasteiger partial charge in [-0.15, -0.1) is 0 Å². The third kappa shape index (κ3) is 2.00. The van der Waals surface area contributed by atoms with Crippen molar-refractivity contribution in [2.45, 2.75) is 64.3 Å². The summed E-state index contributed by atoms with van der Waals surface area (Å²) in [6, 6.07) is 1.94. The highest BCUT2D eigenvalue weighted by Crippen LogP contribution is 2.45. The van der Waals surface area contributed by atoms with E-state index in [-0.39, 0.29) is 11.2 Å². The quantitative estimate of drug-likeness (QED) is 0.834. The van der Waals surface area contributed by atoms with E-state index in [1.165, 1.54) is 0 Å². The van der Waals surface area contributed by atoms with Gasteiger partial charge in [0.25, 0.3) is 0 Å². The SMILES string of the molecule is Cc1ccnc(C2(O)CC2)c1B1OC(C)(C)C(C)(C)O1. The van der Waals surface area contributed by atoms with Crippen LogP contribution in [0.25, 0.3) is 0 Å². The molecule has 2 heterocycles. The minimum atomic E-state index is -0.787. The molecule has 1 aromatic rings. The molecule has 1 saturated heterocycles. The van der Waals surface area contributed by atoms with Crippen LogP contribution in [0.4, 0.5) is 0 Å². The predicted molar refractivity (Wildman–Crippen MR) is 77.8 cm³/mol. The fourth-order valence-electron chi connectivity index (χ4n) is 2.55. The van der Waals surface area contributed by atoms with Gasteiger partial charge in [0, 0.05) is 11.7 Å². The van der Waals surface area contributed by atoms with Crippen LogP contribution in [0, 0.1) is 6.92 Å². The zero-order valence-corrected chi connectivity index (χ0v) is 12.9. The molecule has 3 rings (SSSR count). The van der Waals surface area contributed by atoms with Crippen molar-refractivity contribution in [3.63, 3.8) is 0 Å². The Labute approximate surface area is 120 Å². The zero-order valence-electron chi connectivity index (χ0n) is 12.9. The maximum absolute atomic E-state index is 10.5. The lowest BCUT2D eigenvalue weighted by Gasteiger charge is -2.32. The van der Waals surface area contributed by atoms with Crippen LogP contribution in [0.1, 0.15) is 51.8 Å². The summed E-state index contributed by atoms with van der Waals surface area (Å²) < 4.78 is 12.2. The first-order valence-corrected chi connectivity index (χ1v) is 7.20. The molecular weight excluding hydrogens is 253 g/mol. The first-order chi connectivity index (χ1) is 9.16. The molecule has 1 aliphatic heterocycles. The molecule has 0 amide bonds. The van der Waals surface area contributed by atoms with E-state index < -0.39 is 12.7 Å². The maximum atomic E-state index is 10.5. The van der Waals surface area contributed by atoms with Crippen molar-refractivity contribution in [3.8, 4) is 0 Å². The second kappa shape index (κ2) is 4.06. The van der Waals surface area contributed by atoms with Gasteiger partial charge in [-0.05, 0) is 59.1 Å². The van der Waals surface area contributed by atoms with Crippen LogP contribution in [-0.4, -0.2) is 28.4 Å². The fourth-order valence-corrected chi connectivity index (χ4v) is 2.55. The third-order valence-corrected chi connectivity index (χ3v) is 4.86. The van der Waals surface area contributed by atoms with Gasteiger partial charge in [-0.25, -0.2) is 0 Å². The first-order valence-electron chi connectivity index (χ1n) is 7.20. The van der Waals surface area contributed by atoms with Gasteiger partial charge in [-0.2, -0.15) is 0 Å². The van der Waals surface area contributed by atoms with Gasteiger partial charge in [0.05, 0.1) is 16.9 Å². The lowest BCUT2D eigenvalue weighted by Crippen LogP contribution is -2.41. The highest BCUT2D eigenvalue weighted by atomic mass is 16.7. The topological polar surface area (TPSA) is 51.6 Å². The zero-order chi connectivity index (χ0) is 14.8. The van der Waals surface area contributed by atoms with Crippen molar-refractivity contribution < 1.29 is 14.4 Å². The Balaban J connectivity index is 2.04. The molecule has 1 aliphatic carbocycles. The molecular formula is C15H22BNO3. The Kier molecular flexibility index (Phi) is 2.85. The predicted octanol–water partition coefficient (Wildman–Crippen LogP) is 1.67. The van der Waals surface area contributed by atoms with Crippen molar-refractivity contribution in [2.75, 3.05) is 0 Å².